The molecule has 0 aliphatic rings. The number of furan rings is 1. The van der Waals surface area contributed by atoms with E-state index < -0.39 is 0 Å². The highest BCUT2D eigenvalue weighted by Crippen LogP contribution is 2.51. The molecule has 0 unspecified atom stereocenters. The molecule has 0 spiro atoms. The van der Waals surface area contributed by atoms with Crippen LogP contribution < -0.4 is 0 Å². The minimum Gasteiger partial charge on any atom is -0.455 e. The van der Waals surface area contributed by atoms with E-state index in [4.69, 9.17) is 4.42 Å². The lowest BCUT2D eigenvalue weighted by molar-refractivity contribution is 0.670. The number of thiophene rings is 1. The number of hydrogen-bond donors (Lipinski definition) is 0. The minimum absolute atomic E-state index is 0.908. The van der Waals surface area contributed by atoms with E-state index in [9.17, 15) is 0 Å². The van der Waals surface area contributed by atoms with Gasteiger partial charge >= 0.3 is 0 Å². The van der Waals surface area contributed by atoms with Gasteiger partial charge in [0.25, 0.3) is 0 Å². The third kappa shape index (κ3) is 4.35. The van der Waals surface area contributed by atoms with E-state index in [1.165, 1.54) is 86.0 Å². The molecular formula is C50H30OS. The van der Waals surface area contributed by atoms with Gasteiger partial charge in [0.15, 0.2) is 0 Å². The van der Waals surface area contributed by atoms with Gasteiger partial charge in [-0.25, -0.2) is 0 Å². The Morgan fingerprint density at radius 3 is 1.67 bits per heavy atom. The summed E-state index contributed by atoms with van der Waals surface area (Å²) in [5, 5.41) is 11.0. The molecule has 9 aromatic carbocycles. The van der Waals surface area contributed by atoms with Crippen LogP contribution in [0.3, 0.4) is 0 Å². The van der Waals surface area contributed by atoms with E-state index >= 15 is 0 Å². The van der Waals surface area contributed by atoms with E-state index in [1.807, 2.05) is 11.3 Å². The van der Waals surface area contributed by atoms with Crippen LogP contribution in [0.5, 0.6) is 0 Å². The first-order chi connectivity index (χ1) is 25.8. The van der Waals surface area contributed by atoms with Crippen molar-refractivity contribution >= 4 is 75.7 Å². The van der Waals surface area contributed by atoms with Crippen molar-refractivity contribution in [2.24, 2.45) is 0 Å². The number of benzene rings is 9. The van der Waals surface area contributed by atoms with E-state index in [1.54, 1.807) is 0 Å². The summed E-state index contributed by atoms with van der Waals surface area (Å²) in [5.41, 5.74) is 10.3. The lowest BCUT2D eigenvalue weighted by atomic mass is 9.85. The van der Waals surface area contributed by atoms with Gasteiger partial charge in [0.1, 0.15) is 11.2 Å². The zero-order chi connectivity index (χ0) is 34.2. The zero-order valence-corrected chi connectivity index (χ0v) is 29.0. The number of hydrogen-bond acceptors (Lipinski definition) is 2. The van der Waals surface area contributed by atoms with E-state index in [0.29, 0.717) is 0 Å². The van der Waals surface area contributed by atoms with Crippen molar-refractivity contribution in [3.63, 3.8) is 0 Å². The molecule has 11 rings (SSSR count). The smallest absolute Gasteiger partial charge is 0.143 e. The highest BCUT2D eigenvalue weighted by atomic mass is 32.1. The molecule has 2 heteroatoms. The second-order valence-corrected chi connectivity index (χ2v) is 14.6. The predicted molar refractivity (Wildman–Crippen MR) is 223 cm³/mol. The van der Waals surface area contributed by atoms with Crippen LogP contribution in [0.1, 0.15) is 0 Å². The van der Waals surface area contributed by atoms with Crippen molar-refractivity contribution in [2.75, 3.05) is 0 Å². The molecule has 0 atom stereocenters. The average molecular weight is 679 g/mol. The highest BCUT2D eigenvalue weighted by molar-refractivity contribution is 7.23. The summed E-state index contributed by atoms with van der Waals surface area (Å²) in [4.78, 5) is 1.28. The van der Waals surface area contributed by atoms with Crippen LogP contribution >= 0.6 is 11.3 Å². The molecule has 11 aromatic rings. The molecule has 0 aliphatic carbocycles. The van der Waals surface area contributed by atoms with E-state index in [2.05, 4.69) is 182 Å². The lowest BCUT2D eigenvalue weighted by Crippen LogP contribution is -1.91. The van der Waals surface area contributed by atoms with Crippen molar-refractivity contribution in [1.82, 2.24) is 0 Å². The first kappa shape index (κ1) is 29.3. The Bertz CT molecular complexity index is 3110. The van der Waals surface area contributed by atoms with Gasteiger partial charge in [0.2, 0.25) is 0 Å². The maximum Gasteiger partial charge on any atom is 0.143 e. The lowest BCUT2D eigenvalue weighted by Gasteiger charge is -2.18. The van der Waals surface area contributed by atoms with Gasteiger partial charge in [0, 0.05) is 42.4 Å². The Balaban J connectivity index is 1.23. The van der Waals surface area contributed by atoms with Crippen LogP contribution in [0.15, 0.2) is 186 Å². The topological polar surface area (TPSA) is 13.1 Å². The Morgan fingerprint density at radius 1 is 0.365 bits per heavy atom. The second-order valence-electron chi connectivity index (χ2n) is 13.5. The zero-order valence-electron chi connectivity index (χ0n) is 28.1. The van der Waals surface area contributed by atoms with Crippen LogP contribution in [-0.4, -0.2) is 0 Å². The standard InChI is InChI=1S/C50H30OS/c1-3-15-32(16-4-1)45-48-43(52-50(45)33-17-5-2-6-18-33)29-28-42-47(48)41-25-13-24-40(49(41)51-42)46-38-22-11-9-20-36(38)44(37-21-10-12-23-39(37)46)35-27-26-31-14-7-8-19-34(31)30-35/h1-30H. The molecule has 242 valence electrons. The monoisotopic (exact) mass is 678 g/mol. The molecule has 0 N–H and O–H groups in total. The summed E-state index contributed by atoms with van der Waals surface area (Å²) >= 11 is 1.86. The fourth-order valence-corrected chi connectivity index (χ4v) is 9.66. The molecule has 0 fully saturated rings. The van der Waals surface area contributed by atoms with Crippen LogP contribution in [0.25, 0.3) is 108 Å². The molecule has 0 saturated heterocycles. The third-order valence-corrected chi connectivity index (χ3v) is 11.9. The largest absolute Gasteiger partial charge is 0.455 e. The van der Waals surface area contributed by atoms with E-state index in [-0.39, 0.29) is 0 Å². The van der Waals surface area contributed by atoms with Crippen LogP contribution in [-0.2, 0) is 0 Å². The van der Waals surface area contributed by atoms with Crippen LogP contribution in [0, 0.1) is 0 Å². The first-order valence-corrected chi connectivity index (χ1v) is 18.6. The first-order valence-electron chi connectivity index (χ1n) is 17.8. The Hall–Kier alpha value is -6.48. The third-order valence-electron chi connectivity index (χ3n) is 10.7. The molecule has 0 bridgehead atoms. The average Bonchev–Trinajstić information content (AvgIpc) is 3.79. The molecule has 0 saturated carbocycles. The molecule has 0 aliphatic heterocycles. The summed E-state index contributed by atoms with van der Waals surface area (Å²) in [5.74, 6) is 0. The molecule has 52 heavy (non-hydrogen) atoms. The molecular weight excluding hydrogens is 649 g/mol. The predicted octanol–water partition coefficient (Wildman–Crippen LogP) is 14.9. The molecule has 2 aromatic heterocycles. The Labute approximate surface area is 304 Å². The van der Waals surface area contributed by atoms with Crippen molar-refractivity contribution in [1.29, 1.82) is 0 Å². The normalized spacial score (nSPS) is 11.8. The maximum absolute atomic E-state index is 7.02. The maximum atomic E-state index is 7.02. The van der Waals surface area contributed by atoms with Gasteiger partial charge in [-0.05, 0) is 72.8 Å². The Kier molecular flexibility index (Phi) is 6.49. The van der Waals surface area contributed by atoms with Crippen LogP contribution in [0.2, 0.25) is 0 Å². The highest BCUT2D eigenvalue weighted by Gasteiger charge is 2.24. The van der Waals surface area contributed by atoms with Crippen molar-refractivity contribution < 1.29 is 4.42 Å². The quantitative estimate of drug-likeness (QED) is 0.169. The van der Waals surface area contributed by atoms with Crippen molar-refractivity contribution in [3.05, 3.63) is 182 Å². The van der Waals surface area contributed by atoms with Gasteiger partial charge < -0.3 is 4.42 Å². The number of para-hydroxylation sites is 1. The molecule has 1 nitrogen and oxygen atoms in total. The van der Waals surface area contributed by atoms with Gasteiger partial charge in [-0.1, -0.05) is 164 Å². The van der Waals surface area contributed by atoms with Gasteiger partial charge in [-0.15, -0.1) is 11.3 Å². The summed E-state index contributed by atoms with van der Waals surface area (Å²) in [6.07, 6.45) is 0. The molecule has 0 amide bonds. The second kappa shape index (κ2) is 11.5. The van der Waals surface area contributed by atoms with Gasteiger partial charge in [-0.2, -0.15) is 0 Å². The molecule has 0 radical (unpaired) electrons. The van der Waals surface area contributed by atoms with Crippen molar-refractivity contribution in [3.8, 4) is 43.8 Å². The fraction of sp³-hybridized carbons (Fsp3) is 0. The summed E-state index contributed by atoms with van der Waals surface area (Å²) < 4.78 is 8.28. The minimum atomic E-state index is 0.908. The fourth-order valence-electron chi connectivity index (χ4n) is 8.42. The summed E-state index contributed by atoms with van der Waals surface area (Å²) in [7, 11) is 0. The van der Waals surface area contributed by atoms with Crippen molar-refractivity contribution in [2.45, 2.75) is 0 Å². The summed E-state index contributed by atoms with van der Waals surface area (Å²) in [6, 6.07) is 65.9. The number of fused-ring (bicyclic) bond motifs is 8. The number of rotatable bonds is 4. The van der Waals surface area contributed by atoms with Crippen LogP contribution in [0.4, 0.5) is 0 Å². The summed E-state index contributed by atoms with van der Waals surface area (Å²) in [6.45, 7) is 0. The molecule has 2 heterocycles. The Morgan fingerprint density at radius 2 is 0.962 bits per heavy atom. The van der Waals surface area contributed by atoms with Gasteiger partial charge in [0.05, 0.1) is 0 Å². The SMILES string of the molecule is c1ccc(-c2sc3ccc4oc5c(-c6c7ccccc7c(-c7ccc8ccccc8c7)c7ccccc67)cccc5c4c3c2-c2ccccc2)cc1. The van der Waals surface area contributed by atoms with Gasteiger partial charge in [-0.3, -0.25) is 0 Å². The van der Waals surface area contributed by atoms with E-state index in [0.717, 1.165) is 22.1 Å².